The summed E-state index contributed by atoms with van der Waals surface area (Å²) in [6, 6.07) is 14.6. The number of hydrogen-bond acceptors (Lipinski definition) is 3. The number of carboxylic acid groups (broad SMARTS) is 1. The van der Waals surface area contributed by atoms with Gasteiger partial charge >= 0.3 is 5.97 Å². The number of benzene rings is 2. The van der Waals surface area contributed by atoms with Gasteiger partial charge in [0.15, 0.2) is 11.5 Å². The minimum absolute atomic E-state index is 0.0489. The van der Waals surface area contributed by atoms with Crippen molar-refractivity contribution >= 4 is 5.97 Å². The number of aromatic hydroxyl groups is 1. The Morgan fingerprint density at radius 3 is 2.41 bits per heavy atom. The van der Waals surface area contributed by atoms with Crippen molar-refractivity contribution in [3.05, 3.63) is 59.7 Å². The average Bonchev–Trinajstić information content (AvgIpc) is 2.48. The first-order valence-corrected chi connectivity index (χ1v) is 7.10. The fraction of sp³-hybridized carbons (Fsp3) is 0.278. The van der Waals surface area contributed by atoms with E-state index in [2.05, 4.69) is 0 Å². The summed E-state index contributed by atoms with van der Waals surface area (Å²) in [5.74, 6) is -0.442. The Bertz CT molecular complexity index is 647. The minimum atomic E-state index is -0.867. The van der Waals surface area contributed by atoms with E-state index in [1.54, 1.807) is 26.0 Å². The zero-order chi connectivity index (χ0) is 16.2. The molecule has 0 amide bonds. The zero-order valence-corrected chi connectivity index (χ0v) is 12.7. The van der Waals surface area contributed by atoms with E-state index in [9.17, 15) is 15.0 Å². The van der Waals surface area contributed by atoms with E-state index in [1.165, 1.54) is 6.07 Å². The van der Waals surface area contributed by atoms with Crippen molar-refractivity contribution in [2.75, 3.05) is 0 Å². The smallest absolute Gasteiger partial charge is 0.309 e. The van der Waals surface area contributed by atoms with Gasteiger partial charge in [0, 0.05) is 0 Å². The molecule has 2 rings (SSSR count). The zero-order valence-electron chi connectivity index (χ0n) is 12.7. The monoisotopic (exact) mass is 300 g/mol. The summed E-state index contributed by atoms with van der Waals surface area (Å²) in [5.41, 5.74) is 0.944. The Labute approximate surface area is 130 Å². The quantitative estimate of drug-likeness (QED) is 0.855. The second-order valence-corrected chi connectivity index (χ2v) is 5.94. The molecule has 22 heavy (non-hydrogen) atoms. The third-order valence-electron chi connectivity index (χ3n) is 3.49. The fourth-order valence-corrected chi connectivity index (χ4v) is 2.11. The number of aliphatic carboxylic acids is 1. The van der Waals surface area contributed by atoms with Crippen molar-refractivity contribution in [1.82, 2.24) is 0 Å². The van der Waals surface area contributed by atoms with Crippen LogP contribution < -0.4 is 4.74 Å². The normalized spacial score (nSPS) is 11.2. The molecule has 0 saturated heterocycles. The van der Waals surface area contributed by atoms with Gasteiger partial charge in [0.1, 0.15) is 6.61 Å². The molecular weight excluding hydrogens is 280 g/mol. The first-order valence-electron chi connectivity index (χ1n) is 7.10. The van der Waals surface area contributed by atoms with Crippen LogP contribution in [0.5, 0.6) is 11.5 Å². The molecule has 0 fully saturated rings. The average molecular weight is 300 g/mol. The molecule has 2 N–H and O–H groups in total. The standard InChI is InChI=1S/C18H20O4/c1-18(2,17(20)21)11-14-8-9-15(19)16(10-14)22-12-13-6-4-3-5-7-13/h3-10,19H,11-12H2,1-2H3,(H,20,21). The van der Waals surface area contributed by atoms with Crippen LogP contribution in [0.2, 0.25) is 0 Å². The van der Waals surface area contributed by atoms with Crippen LogP contribution in [0, 0.1) is 5.41 Å². The Morgan fingerprint density at radius 2 is 1.77 bits per heavy atom. The molecule has 0 aliphatic carbocycles. The lowest BCUT2D eigenvalue weighted by Gasteiger charge is -2.19. The van der Waals surface area contributed by atoms with Crippen molar-refractivity contribution in [1.29, 1.82) is 0 Å². The van der Waals surface area contributed by atoms with Crippen LogP contribution in [0.3, 0.4) is 0 Å². The molecule has 0 saturated carbocycles. The number of phenols is 1. The molecular formula is C18H20O4. The van der Waals surface area contributed by atoms with Crippen LogP contribution in [0.1, 0.15) is 25.0 Å². The molecule has 0 aromatic heterocycles. The van der Waals surface area contributed by atoms with E-state index in [1.807, 2.05) is 30.3 Å². The number of rotatable bonds is 6. The first kappa shape index (κ1) is 15.9. The summed E-state index contributed by atoms with van der Waals surface area (Å²) >= 11 is 0. The van der Waals surface area contributed by atoms with Crippen LogP contribution in [-0.2, 0) is 17.8 Å². The van der Waals surface area contributed by atoms with Crippen LogP contribution >= 0.6 is 0 Å². The molecule has 0 heterocycles. The molecule has 4 nitrogen and oxygen atoms in total. The van der Waals surface area contributed by atoms with E-state index in [0.717, 1.165) is 11.1 Å². The van der Waals surface area contributed by atoms with Gasteiger partial charge in [-0.2, -0.15) is 0 Å². The van der Waals surface area contributed by atoms with Gasteiger partial charge in [-0.3, -0.25) is 4.79 Å². The molecule has 2 aromatic rings. The van der Waals surface area contributed by atoms with Gasteiger partial charge in [-0.05, 0) is 43.5 Å². The van der Waals surface area contributed by atoms with Gasteiger partial charge in [-0.25, -0.2) is 0 Å². The highest BCUT2D eigenvalue weighted by Crippen LogP contribution is 2.31. The summed E-state index contributed by atoms with van der Waals surface area (Å²) in [4.78, 5) is 11.2. The number of ether oxygens (including phenoxy) is 1. The summed E-state index contributed by atoms with van der Waals surface area (Å²) in [6.45, 7) is 3.69. The summed E-state index contributed by atoms with van der Waals surface area (Å²) < 4.78 is 5.64. The molecule has 0 aliphatic rings. The molecule has 0 atom stereocenters. The summed E-state index contributed by atoms with van der Waals surface area (Å²) in [5, 5.41) is 19.1. The van der Waals surface area contributed by atoms with Gasteiger partial charge in [0.05, 0.1) is 5.41 Å². The number of phenolic OH excluding ortho intramolecular Hbond substituents is 1. The predicted molar refractivity (Wildman–Crippen MR) is 84.0 cm³/mol. The van der Waals surface area contributed by atoms with Crippen molar-refractivity contribution < 1.29 is 19.7 Å². The Morgan fingerprint density at radius 1 is 1.09 bits per heavy atom. The largest absolute Gasteiger partial charge is 0.504 e. The molecule has 2 aromatic carbocycles. The number of hydrogen-bond donors (Lipinski definition) is 2. The molecule has 0 radical (unpaired) electrons. The summed E-state index contributed by atoms with van der Waals surface area (Å²) in [7, 11) is 0. The van der Waals surface area contributed by atoms with E-state index in [-0.39, 0.29) is 5.75 Å². The Hall–Kier alpha value is -2.49. The van der Waals surface area contributed by atoms with Crippen LogP contribution in [0.4, 0.5) is 0 Å². The molecule has 4 heteroatoms. The second-order valence-electron chi connectivity index (χ2n) is 5.94. The van der Waals surface area contributed by atoms with Gasteiger partial charge in [0.25, 0.3) is 0 Å². The summed E-state index contributed by atoms with van der Waals surface area (Å²) in [6.07, 6.45) is 0.365. The lowest BCUT2D eigenvalue weighted by molar-refractivity contribution is -0.146. The molecule has 0 aliphatic heterocycles. The lowest BCUT2D eigenvalue weighted by Crippen LogP contribution is -2.26. The highest BCUT2D eigenvalue weighted by atomic mass is 16.5. The third kappa shape index (κ3) is 4.01. The second kappa shape index (κ2) is 6.52. The van der Waals surface area contributed by atoms with Gasteiger partial charge < -0.3 is 14.9 Å². The van der Waals surface area contributed by atoms with Crippen molar-refractivity contribution in [3.8, 4) is 11.5 Å². The number of carbonyl (C=O) groups is 1. The van der Waals surface area contributed by atoms with Gasteiger partial charge in [0.2, 0.25) is 0 Å². The molecule has 0 bridgehead atoms. The Kier molecular flexibility index (Phi) is 4.71. The highest BCUT2D eigenvalue weighted by molar-refractivity contribution is 5.74. The van der Waals surface area contributed by atoms with E-state index in [4.69, 9.17) is 4.74 Å². The fourth-order valence-electron chi connectivity index (χ4n) is 2.11. The highest BCUT2D eigenvalue weighted by Gasteiger charge is 2.27. The Balaban J connectivity index is 2.12. The topological polar surface area (TPSA) is 66.8 Å². The first-order chi connectivity index (χ1) is 10.4. The van der Waals surface area contributed by atoms with E-state index < -0.39 is 11.4 Å². The van der Waals surface area contributed by atoms with Gasteiger partial charge in [-0.15, -0.1) is 0 Å². The lowest BCUT2D eigenvalue weighted by atomic mass is 9.86. The van der Waals surface area contributed by atoms with Gasteiger partial charge in [-0.1, -0.05) is 36.4 Å². The SMILES string of the molecule is CC(C)(Cc1ccc(O)c(OCc2ccccc2)c1)C(=O)O. The van der Waals surface area contributed by atoms with Crippen molar-refractivity contribution in [2.45, 2.75) is 26.9 Å². The maximum absolute atomic E-state index is 11.2. The number of carboxylic acids is 1. The van der Waals surface area contributed by atoms with Crippen LogP contribution in [-0.4, -0.2) is 16.2 Å². The van der Waals surface area contributed by atoms with Crippen LogP contribution in [0.25, 0.3) is 0 Å². The van der Waals surface area contributed by atoms with Crippen molar-refractivity contribution in [3.63, 3.8) is 0 Å². The minimum Gasteiger partial charge on any atom is -0.504 e. The predicted octanol–water partition coefficient (Wildman–Crippen LogP) is 3.62. The molecule has 116 valence electrons. The molecule has 0 spiro atoms. The van der Waals surface area contributed by atoms with Crippen molar-refractivity contribution in [2.24, 2.45) is 5.41 Å². The van der Waals surface area contributed by atoms with Crippen LogP contribution in [0.15, 0.2) is 48.5 Å². The molecule has 0 unspecified atom stereocenters. The maximum Gasteiger partial charge on any atom is 0.309 e. The van der Waals surface area contributed by atoms with E-state index in [0.29, 0.717) is 18.8 Å². The third-order valence-corrected chi connectivity index (χ3v) is 3.49. The maximum atomic E-state index is 11.2. The van der Waals surface area contributed by atoms with E-state index >= 15 is 0 Å².